The highest BCUT2D eigenvalue weighted by Gasteiger charge is 2.32. The quantitative estimate of drug-likeness (QED) is 0.943. The van der Waals surface area contributed by atoms with Crippen LogP contribution in [-0.4, -0.2) is 29.9 Å². The Morgan fingerprint density at radius 1 is 1.32 bits per heavy atom. The molecule has 0 radical (unpaired) electrons. The highest BCUT2D eigenvalue weighted by molar-refractivity contribution is 5.95. The first-order valence-corrected chi connectivity index (χ1v) is 7.88. The van der Waals surface area contributed by atoms with Crippen molar-refractivity contribution in [1.29, 1.82) is 0 Å². The number of hydrogen-bond donors (Lipinski definition) is 1. The van der Waals surface area contributed by atoms with Gasteiger partial charge in [0.1, 0.15) is 5.76 Å². The van der Waals surface area contributed by atoms with E-state index in [1.54, 1.807) is 6.26 Å². The van der Waals surface area contributed by atoms with Crippen LogP contribution in [-0.2, 0) is 0 Å². The summed E-state index contributed by atoms with van der Waals surface area (Å²) in [5, 5.41) is 0. The summed E-state index contributed by atoms with van der Waals surface area (Å²) >= 11 is 0. The lowest BCUT2D eigenvalue weighted by atomic mass is 9.99. The van der Waals surface area contributed by atoms with Crippen molar-refractivity contribution in [2.24, 2.45) is 11.7 Å². The van der Waals surface area contributed by atoms with Crippen molar-refractivity contribution in [1.82, 2.24) is 4.90 Å². The van der Waals surface area contributed by atoms with E-state index in [1.807, 2.05) is 41.3 Å². The number of nitrogens with zero attached hydrogens (tertiary/aromatic N) is 1. The van der Waals surface area contributed by atoms with Gasteiger partial charge in [0.05, 0.1) is 6.26 Å². The minimum Gasteiger partial charge on any atom is -0.464 e. The van der Waals surface area contributed by atoms with E-state index >= 15 is 0 Å². The van der Waals surface area contributed by atoms with E-state index < -0.39 is 0 Å². The molecule has 1 aliphatic rings. The van der Waals surface area contributed by atoms with Crippen LogP contribution < -0.4 is 5.73 Å². The van der Waals surface area contributed by atoms with E-state index in [2.05, 4.69) is 6.92 Å². The van der Waals surface area contributed by atoms with Gasteiger partial charge in [0, 0.05) is 30.3 Å². The Labute approximate surface area is 130 Å². The topological polar surface area (TPSA) is 59.5 Å². The Balaban J connectivity index is 1.77. The number of nitrogens with two attached hydrogens (primary N) is 1. The minimum atomic E-state index is 0.0578. The van der Waals surface area contributed by atoms with Gasteiger partial charge in [0.15, 0.2) is 0 Å². The van der Waals surface area contributed by atoms with Gasteiger partial charge >= 0.3 is 0 Å². The number of likely N-dealkylation sites (tertiary alicyclic amines) is 1. The van der Waals surface area contributed by atoms with E-state index in [4.69, 9.17) is 10.2 Å². The number of furan rings is 1. The molecule has 1 aromatic heterocycles. The standard InChI is InChI=1S/C18H22N2O2/c1-2-5-15-11-20(12-16(15)19)18(21)14-7-3-6-13(10-14)17-8-4-9-22-17/h3-4,6-10,15-16H,2,5,11-12,19H2,1H3/t15-,16-/m1/s1. The summed E-state index contributed by atoms with van der Waals surface area (Å²) in [6, 6.07) is 11.4. The lowest BCUT2D eigenvalue weighted by Gasteiger charge is -2.16. The third-order valence-electron chi connectivity index (χ3n) is 4.35. The second-order valence-corrected chi connectivity index (χ2v) is 5.98. The molecule has 2 atom stereocenters. The van der Waals surface area contributed by atoms with Crippen LogP contribution in [0.1, 0.15) is 30.1 Å². The summed E-state index contributed by atoms with van der Waals surface area (Å²) in [5.74, 6) is 1.25. The van der Waals surface area contributed by atoms with Crippen LogP contribution in [0.2, 0.25) is 0 Å². The van der Waals surface area contributed by atoms with Gasteiger partial charge in [-0.1, -0.05) is 25.5 Å². The number of carbonyl (C=O) groups excluding carboxylic acids is 1. The zero-order valence-electron chi connectivity index (χ0n) is 12.9. The molecule has 0 unspecified atom stereocenters. The number of benzene rings is 1. The molecule has 22 heavy (non-hydrogen) atoms. The summed E-state index contributed by atoms with van der Waals surface area (Å²) in [6.45, 7) is 3.57. The van der Waals surface area contributed by atoms with Gasteiger partial charge in [0.25, 0.3) is 5.91 Å². The molecule has 4 nitrogen and oxygen atoms in total. The average molecular weight is 298 g/mol. The molecule has 2 aromatic rings. The van der Waals surface area contributed by atoms with Crippen molar-refractivity contribution in [2.45, 2.75) is 25.8 Å². The summed E-state index contributed by atoms with van der Waals surface area (Å²) in [4.78, 5) is 14.6. The van der Waals surface area contributed by atoms with Gasteiger partial charge < -0.3 is 15.1 Å². The maximum Gasteiger partial charge on any atom is 0.253 e. The monoisotopic (exact) mass is 298 g/mol. The van der Waals surface area contributed by atoms with Gasteiger partial charge in [-0.2, -0.15) is 0 Å². The minimum absolute atomic E-state index is 0.0578. The van der Waals surface area contributed by atoms with Gasteiger partial charge in [-0.15, -0.1) is 0 Å². The Morgan fingerprint density at radius 2 is 2.18 bits per heavy atom. The fraction of sp³-hybridized carbons (Fsp3) is 0.389. The Bertz CT molecular complexity index is 636. The van der Waals surface area contributed by atoms with Crippen molar-refractivity contribution in [3.8, 4) is 11.3 Å². The summed E-state index contributed by atoms with van der Waals surface area (Å²) in [5.41, 5.74) is 7.78. The molecule has 3 rings (SSSR count). The molecule has 1 fully saturated rings. The van der Waals surface area contributed by atoms with E-state index in [-0.39, 0.29) is 11.9 Å². The zero-order valence-corrected chi connectivity index (χ0v) is 12.9. The molecule has 2 heterocycles. The molecule has 1 aromatic carbocycles. The van der Waals surface area contributed by atoms with E-state index in [9.17, 15) is 4.79 Å². The molecule has 1 saturated heterocycles. The van der Waals surface area contributed by atoms with Gasteiger partial charge in [-0.25, -0.2) is 0 Å². The van der Waals surface area contributed by atoms with Crippen molar-refractivity contribution in [3.63, 3.8) is 0 Å². The van der Waals surface area contributed by atoms with Crippen LogP contribution in [0, 0.1) is 5.92 Å². The highest BCUT2D eigenvalue weighted by Crippen LogP contribution is 2.24. The molecule has 1 aliphatic heterocycles. The first-order valence-electron chi connectivity index (χ1n) is 7.88. The first-order chi connectivity index (χ1) is 10.7. The lowest BCUT2D eigenvalue weighted by molar-refractivity contribution is 0.0785. The molecule has 1 amide bonds. The molecule has 0 aliphatic carbocycles. The normalized spacial score (nSPS) is 21.3. The van der Waals surface area contributed by atoms with Crippen LogP contribution in [0.4, 0.5) is 0 Å². The second-order valence-electron chi connectivity index (χ2n) is 5.98. The fourth-order valence-corrected chi connectivity index (χ4v) is 3.17. The van der Waals surface area contributed by atoms with E-state index in [0.29, 0.717) is 18.0 Å². The molecule has 0 bridgehead atoms. The number of amides is 1. The zero-order chi connectivity index (χ0) is 15.5. The van der Waals surface area contributed by atoms with Crippen molar-refractivity contribution >= 4 is 5.91 Å². The van der Waals surface area contributed by atoms with Crippen LogP contribution in [0.5, 0.6) is 0 Å². The Kier molecular flexibility index (Phi) is 4.29. The number of hydrogen-bond acceptors (Lipinski definition) is 3. The molecule has 2 N–H and O–H groups in total. The SMILES string of the molecule is CCC[C@@H]1CN(C(=O)c2cccc(-c3ccco3)c2)C[C@H]1N. The van der Waals surface area contributed by atoms with Gasteiger partial charge in [-0.3, -0.25) is 4.79 Å². The van der Waals surface area contributed by atoms with Crippen LogP contribution in [0.3, 0.4) is 0 Å². The third-order valence-corrected chi connectivity index (χ3v) is 4.35. The molecule has 0 spiro atoms. The van der Waals surface area contributed by atoms with Crippen molar-refractivity contribution < 1.29 is 9.21 Å². The third kappa shape index (κ3) is 2.92. The molecule has 116 valence electrons. The molecular weight excluding hydrogens is 276 g/mol. The van der Waals surface area contributed by atoms with Crippen LogP contribution in [0.15, 0.2) is 47.1 Å². The molecule has 4 heteroatoms. The molecular formula is C18H22N2O2. The Morgan fingerprint density at radius 3 is 2.91 bits per heavy atom. The fourth-order valence-electron chi connectivity index (χ4n) is 3.17. The van der Waals surface area contributed by atoms with Gasteiger partial charge in [0.2, 0.25) is 0 Å². The summed E-state index contributed by atoms with van der Waals surface area (Å²) < 4.78 is 5.40. The molecule has 0 saturated carbocycles. The average Bonchev–Trinajstić information content (AvgIpc) is 3.18. The maximum absolute atomic E-state index is 12.7. The highest BCUT2D eigenvalue weighted by atomic mass is 16.3. The largest absolute Gasteiger partial charge is 0.464 e. The number of rotatable bonds is 4. The van der Waals surface area contributed by atoms with Crippen molar-refractivity contribution in [3.05, 3.63) is 48.2 Å². The predicted molar refractivity (Wildman–Crippen MR) is 86.4 cm³/mol. The maximum atomic E-state index is 12.7. The summed E-state index contributed by atoms with van der Waals surface area (Å²) in [6.07, 6.45) is 3.82. The van der Waals surface area contributed by atoms with Crippen LogP contribution in [0.25, 0.3) is 11.3 Å². The first kappa shape index (κ1) is 14.9. The van der Waals surface area contributed by atoms with Crippen molar-refractivity contribution in [2.75, 3.05) is 13.1 Å². The summed E-state index contributed by atoms with van der Waals surface area (Å²) in [7, 11) is 0. The number of carbonyl (C=O) groups is 1. The smallest absolute Gasteiger partial charge is 0.253 e. The van der Waals surface area contributed by atoms with E-state index in [0.717, 1.165) is 30.7 Å². The predicted octanol–water partition coefficient (Wildman–Crippen LogP) is 3.15. The Hall–Kier alpha value is -2.07. The van der Waals surface area contributed by atoms with Crippen LogP contribution >= 0.6 is 0 Å². The second kappa shape index (κ2) is 6.36. The van der Waals surface area contributed by atoms with Gasteiger partial charge in [-0.05, 0) is 36.6 Å². The van der Waals surface area contributed by atoms with E-state index in [1.165, 1.54) is 0 Å². The lowest BCUT2D eigenvalue weighted by Crippen LogP contribution is -2.32.